The third-order valence-corrected chi connectivity index (χ3v) is 9.12. The average molecular weight is 441 g/mol. The molecule has 5 heteroatoms. The topological polar surface area (TPSA) is 13.0 Å². The molecule has 2 heterocycles. The van der Waals surface area contributed by atoms with Crippen molar-refractivity contribution in [2.75, 3.05) is 64.7 Å². The summed E-state index contributed by atoms with van der Waals surface area (Å²) in [5, 5.41) is 0. The molecular weight excluding hydrogens is 388 g/mol. The average Bonchev–Trinajstić information content (AvgIpc) is 2.64. The summed E-state index contributed by atoms with van der Waals surface area (Å²) < 4.78 is 0. The maximum atomic E-state index is 2.71. The van der Waals surface area contributed by atoms with Gasteiger partial charge in [-0.05, 0) is 73.8 Å². The van der Waals surface area contributed by atoms with E-state index in [1.807, 2.05) is 0 Å². The maximum absolute atomic E-state index is 2.71. The van der Waals surface area contributed by atoms with Gasteiger partial charge in [-0.3, -0.25) is 14.7 Å². The Kier molecular flexibility index (Phi) is 8.80. The fourth-order valence-corrected chi connectivity index (χ4v) is 5.81. The number of thioether (sulfide) groups is 1. The maximum Gasteiger partial charge on any atom is 0.0614 e. The van der Waals surface area contributed by atoms with Crippen LogP contribution in [-0.2, 0) is 0 Å². The van der Waals surface area contributed by atoms with E-state index in [1.165, 1.54) is 71.1 Å². The molecule has 0 saturated carbocycles. The predicted octanol–water partition coefficient (Wildman–Crippen LogP) is 4.70. The van der Waals surface area contributed by atoms with Crippen molar-refractivity contribution in [2.24, 2.45) is 5.41 Å². The van der Waals surface area contributed by atoms with Gasteiger partial charge in [-0.15, -0.1) is 11.8 Å². The van der Waals surface area contributed by atoms with E-state index in [9.17, 15) is 0 Å². The molecule has 178 valence electrons. The van der Waals surface area contributed by atoms with Gasteiger partial charge in [0.05, 0.1) is 4.87 Å². The van der Waals surface area contributed by atoms with E-state index in [0.29, 0.717) is 16.5 Å². The molecule has 0 spiro atoms. The number of piperazine rings is 2. The lowest BCUT2D eigenvalue weighted by atomic mass is 9.91. The molecule has 2 aliphatic rings. The van der Waals surface area contributed by atoms with Gasteiger partial charge in [0.15, 0.2) is 0 Å². The van der Waals surface area contributed by atoms with Crippen LogP contribution in [0.2, 0.25) is 0 Å². The molecule has 0 unspecified atom stereocenters. The van der Waals surface area contributed by atoms with Gasteiger partial charge in [0, 0.05) is 69.2 Å². The van der Waals surface area contributed by atoms with Crippen LogP contribution >= 0.6 is 11.8 Å². The van der Waals surface area contributed by atoms with Gasteiger partial charge >= 0.3 is 0 Å². The van der Waals surface area contributed by atoms with Crippen LogP contribution in [-0.4, -0.2) is 100 Å². The first-order valence-electron chi connectivity index (χ1n) is 12.2. The SMILES string of the molecule is CC(C)(CCN1CCN(C(C)(C)C)CC1)CSC(C)(C)N1CCN(C(C)(C)C)CC1. The third-order valence-electron chi connectivity index (χ3n) is 7.23. The summed E-state index contributed by atoms with van der Waals surface area (Å²) >= 11 is 2.17. The first kappa shape index (κ1) is 26.4. The second-order valence-electron chi connectivity index (χ2n) is 12.8. The fraction of sp³-hybridized carbons (Fsp3) is 1.00. The van der Waals surface area contributed by atoms with E-state index in [0.717, 1.165) is 0 Å². The zero-order valence-corrected chi connectivity index (χ0v) is 22.8. The highest BCUT2D eigenvalue weighted by Gasteiger charge is 2.35. The first-order chi connectivity index (χ1) is 13.6. The quantitative estimate of drug-likeness (QED) is 0.567. The zero-order chi connectivity index (χ0) is 22.8. The van der Waals surface area contributed by atoms with E-state index in [-0.39, 0.29) is 4.87 Å². The monoisotopic (exact) mass is 440 g/mol. The van der Waals surface area contributed by atoms with Crippen molar-refractivity contribution in [1.29, 1.82) is 0 Å². The molecule has 4 nitrogen and oxygen atoms in total. The van der Waals surface area contributed by atoms with Crippen LogP contribution in [0.1, 0.15) is 75.7 Å². The second kappa shape index (κ2) is 9.99. The zero-order valence-electron chi connectivity index (χ0n) is 22.0. The number of rotatable bonds is 7. The summed E-state index contributed by atoms with van der Waals surface area (Å²) in [6.07, 6.45) is 1.30. The van der Waals surface area contributed by atoms with Crippen molar-refractivity contribution in [2.45, 2.75) is 91.6 Å². The van der Waals surface area contributed by atoms with Crippen molar-refractivity contribution < 1.29 is 0 Å². The van der Waals surface area contributed by atoms with Crippen molar-refractivity contribution >= 4 is 11.8 Å². The van der Waals surface area contributed by atoms with Gasteiger partial charge in [-0.25, -0.2) is 0 Å². The Morgan fingerprint density at radius 1 is 0.567 bits per heavy atom. The number of nitrogens with zero attached hydrogens (tertiary/aromatic N) is 4. The van der Waals surface area contributed by atoms with Crippen molar-refractivity contribution in [3.8, 4) is 0 Å². The van der Waals surface area contributed by atoms with Gasteiger partial charge in [-0.2, -0.15) is 0 Å². The lowest BCUT2D eigenvalue weighted by Crippen LogP contribution is -2.57. The molecule has 0 atom stereocenters. The summed E-state index contributed by atoms with van der Waals surface area (Å²) in [5.74, 6) is 1.24. The molecule has 2 fully saturated rings. The van der Waals surface area contributed by atoms with Crippen molar-refractivity contribution in [3.63, 3.8) is 0 Å². The Bertz CT molecular complexity index is 516. The van der Waals surface area contributed by atoms with Crippen LogP contribution in [0, 0.1) is 5.41 Å². The first-order valence-corrected chi connectivity index (χ1v) is 13.2. The third kappa shape index (κ3) is 7.95. The largest absolute Gasteiger partial charge is 0.301 e. The van der Waals surface area contributed by atoms with Crippen LogP contribution in [0.25, 0.3) is 0 Å². The Labute approximate surface area is 193 Å². The van der Waals surface area contributed by atoms with Crippen molar-refractivity contribution in [3.05, 3.63) is 0 Å². The lowest BCUT2D eigenvalue weighted by Gasteiger charge is -2.48. The van der Waals surface area contributed by atoms with Crippen LogP contribution in [0.4, 0.5) is 0 Å². The summed E-state index contributed by atoms with van der Waals surface area (Å²) in [6, 6.07) is 0. The molecule has 0 bridgehead atoms. The van der Waals surface area contributed by atoms with Gasteiger partial charge < -0.3 is 4.90 Å². The summed E-state index contributed by atoms with van der Waals surface area (Å²) in [5.41, 5.74) is 0.992. The molecule has 0 radical (unpaired) electrons. The molecule has 0 aromatic heterocycles. The molecule has 0 N–H and O–H groups in total. The Morgan fingerprint density at radius 3 is 1.40 bits per heavy atom. The smallest absolute Gasteiger partial charge is 0.0614 e. The van der Waals surface area contributed by atoms with Gasteiger partial charge in [-0.1, -0.05) is 13.8 Å². The van der Waals surface area contributed by atoms with Gasteiger partial charge in [0.2, 0.25) is 0 Å². The van der Waals surface area contributed by atoms with E-state index < -0.39 is 0 Å². The normalized spacial score (nSPS) is 22.6. The van der Waals surface area contributed by atoms with Crippen LogP contribution in [0.15, 0.2) is 0 Å². The van der Waals surface area contributed by atoms with Gasteiger partial charge in [0.25, 0.3) is 0 Å². The minimum atomic E-state index is 0.222. The fourth-order valence-electron chi connectivity index (χ4n) is 4.55. The van der Waals surface area contributed by atoms with Crippen molar-refractivity contribution in [1.82, 2.24) is 19.6 Å². The highest BCUT2D eigenvalue weighted by atomic mass is 32.2. The minimum absolute atomic E-state index is 0.222. The molecule has 2 aliphatic heterocycles. The molecule has 0 aromatic carbocycles. The van der Waals surface area contributed by atoms with Gasteiger partial charge in [0.1, 0.15) is 0 Å². The molecular formula is C25H52N4S. The lowest BCUT2D eigenvalue weighted by molar-refractivity contribution is 0.0411. The summed E-state index contributed by atoms with van der Waals surface area (Å²) in [6.45, 7) is 34.8. The highest BCUT2D eigenvalue weighted by Crippen LogP contribution is 2.36. The molecule has 2 saturated heterocycles. The summed E-state index contributed by atoms with van der Waals surface area (Å²) in [4.78, 5) is 10.9. The molecule has 0 aromatic rings. The van der Waals surface area contributed by atoms with E-state index >= 15 is 0 Å². The van der Waals surface area contributed by atoms with Crippen LogP contribution < -0.4 is 0 Å². The Balaban J connectivity index is 1.74. The van der Waals surface area contributed by atoms with E-state index in [2.05, 4.69) is 101 Å². The highest BCUT2D eigenvalue weighted by molar-refractivity contribution is 8.00. The molecule has 30 heavy (non-hydrogen) atoms. The van der Waals surface area contributed by atoms with E-state index in [1.54, 1.807) is 0 Å². The number of hydrogen-bond donors (Lipinski definition) is 0. The Morgan fingerprint density at radius 2 is 0.967 bits per heavy atom. The second-order valence-corrected chi connectivity index (χ2v) is 14.4. The van der Waals surface area contributed by atoms with Crippen LogP contribution in [0.5, 0.6) is 0 Å². The predicted molar refractivity (Wildman–Crippen MR) is 136 cm³/mol. The molecule has 0 amide bonds. The minimum Gasteiger partial charge on any atom is -0.301 e. The van der Waals surface area contributed by atoms with Crippen LogP contribution in [0.3, 0.4) is 0 Å². The molecule has 2 rings (SSSR count). The number of hydrogen-bond acceptors (Lipinski definition) is 5. The standard InChI is InChI=1S/C25H52N4S/c1-22(2,3)27-15-13-26(14-16-27)12-11-24(7,8)21-30-25(9,10)29-19-17-28(18-20-29)23(4,5)6/h11-21H2,1-10H3. The summed E-state index contributed by atoms with van der Waals surface area (Å²) in [7, 11) is 0. The van der Waals surface area contributed by atoms with E-state index in [4.69, 9.17) is 0 Å². The Hall–Kier alpha value is 0.190. The molecule has 0 aliphatic carbocycles.